The Morgan fingerprint density at radius 3 is 2.43 bits per heavy atom. The van der Waals surface area contributed by atoms with Crippen molar-refractivity contribution >= 4 is 27.7 Å². The number of carbonyl (C=O) groups is 2. The van der Waals surface area contributed by atoms with E-state index in [2.05, 4.69) is 21.2 Å². The van der Waals surface area contributed by atoms with Crippen LogP contribution < -0.4 is 10.1 Å². The van der Waals surface area contributed by atoms with Crippen LogP contribution in [0.25, 0.3) is 0 Å². The molecule has 0 atom stereocenters. The van der Waals surface area contributed by atoms with Crippen molar-refractivity contribution in [2.45, 2.75) is 32.7 Å². The first-order chi connectivity index (χ1) is 13.5. The van der Waals surface area contributed by atoms with Gasteiger partial charge in [-0.15, -0.1) is 0 Å². The number of hydrogen-bond donors (Lipinski definition) is 1. The zero-order chi connectivity index (χ0) is 20.1. The third-order valence-corrected chi connectivity index (χ3v) is 5.46. The summed E-state index contributed by atoms with van der Waals surface area (Å²) in [4.78, 5) is 27.1. The Kier molecular flexibility index (Phi) is 6.73. The minimum absolute atomic E-state index is 0.0246. The van der Waals surface area contributed by atoms with Crippen molar-refractivity contribution in [2.24, 2.45) is 0 Å². The van der Waals surface area contributed by atoms with E-state index in [1.807, 2.05) is 49.1 Å². The van der Waals surface area contributed by atoms with Crippen LogP contribution in [0.15, 0.2) is 46.9 Å². The van der Waals surface area contributed by atoms with E-state index in [1.54, 1.807) is 12.1 Å². The first-order valence-corrected chi connectivity index (χ1v) is 10.4. The second-order valence-corrected chi connectivity index (χ2v) is 7.87. The Hall–Kier alpha value is -2.34. The molecule has 2 aromatic carbocycles. The molecule has 0 aliphatic carbocycles. The average Bonchev–Trinajstić information content (AvgIpc) is 2.69. The highest BCUT2D eigenvalue weighted by molar-refractivity contribution is 9.10. The van der Waals surface area contributed by atoms with Crippen molar-refractivity contribution in [3.63, 3.8) is 0 Å². The molecule has 0 bridgehead atoms. The number of carbonyl (C=O) groups excluding carboxylic acids is 2. The van der Waals surface area contributed by atoms with Crippen LogP contribution in [0.4, 0.5) is 0 Å². The van der Waals surface area contributed by atoms with E-state index in [9.17, 15) is 9.59 Å². The van der Waals surface area contributed by atoms with Crippen LogP contribution in [-0.2, 0) is 0 Å². The summed E-state index contributed by atoms with van der Waals surface area (Å²) < 4.78 is 6.38. The van der Waals surface area contributed by atoms with Gasteiger partial charge in [-0.05, 0) is 74.7 Å². The Bertz CT molecular complexity index is 843. The molecule has 0 saturated carbocycles. The molecule has 1 saturated heterocycles. The average molecular weight is 445 g/mol. The molecule has 28 heavy (non-hydrogen) atoms. The fraction of sp³-hybridized carbons (Fsp3) is 0.364. The summed E-state index contributed by atoms with van der Waals surface area (Å²) in [6.07, 6.45) is 1.51. The van der Waals surface area contributed by atoms with Crippen LogP contribution in [0.1, 0.15) is 46.0 Å². The molecule has 0 radical (unpaired) electrons. The molecule has 1 aliphatic heterocycles. The highest BCUT2D eigenvalue weighted by Crippen LogP contribution is 2.19. The Labute approximate surface area is 174 Å². The van der Waals surface area contributed by atoms with Gasteiger partial charge >= 0.3 is 0 Å². The van der Waals surface area contributed by atoms with Crippen molar-refractivity contribution in [2.75, 3.05) is 19.7 Å². The SMILES string of the molecule is CCOc1ccc(C(=O)N2CCC(NC(=O)c3ccc(Br)cc3C)CC2)cc1. The lowest BCUT2D eigenvalue weighted by Crippen LogP contribution is -2.46. The van der Waals surface area contributed by atoms with Gasteiger partial charge in [0.25, 0.3) is 11.8 Å². The first kappa shape index (κ1) is 20.4. The lowest BCUT2D eigenvalue weighted by atomic mass is 10.0. The zero-order valence-electron chi connectivity index (χ0n) is 16.2. The van der Waals surface area contributed by atoms with Gasteiger partial charge in [-0.1, -0.05) is 15.9 Å². The molecule has 1 heterocycles. The number of halogens is 1. The van der Waals surface area contributed by atoms with Gasteiger partial charge in [-0.3, -0.25) is 9.59 Å². The van der Waals surface area contributed by atoms with Gasteiger partial charge in [0, 0.05) is 34.7 Å². The summed E-state index contributed by atoms with van der Waals surface area (Å²) in [6.45, 7) is 5.73. The van der Waals surface area contributed by atoms with Gasteiger partial charge in [-0.25, -0.2) is 0 Å². The smallest absolute Gasteiger partial charge is 0.253 e. The minimum Gasteiger partial charge on any atom is -0.494 e. The molecule has 2 amide bonds. The van der Waals surface area contributed by atoms with Crippen molar-refractivity contribution < 1.29 is 14.3 Å². The topological polar surface area (TPSA) is 58.6 Å². The van der Waals surface area contributed by atoms with E-state index in [0.717, 1.165) is 28.6 Å². The largest absolute Gasteiger partial charge is 0.494 e. The van der Waals surface area contributed by atoms with Gasteiger partial charge in [0.05, 0.1) is 6.61 Å². The second-order valence-electron chi connectivity index (χ2n) is 6.96. The molecular formula is C22H25BrN2O3. The highest BCUT2D eigenvalue weighted by Gasteiger charge is 2.25. The van der Waals surface area contributed by atoms with Gasteiger partial charge in [0.2, 0.25) is 0 Å². The third-order valence-electron chi connectivity index (χ3n) is 4.96. The Morgan fingerprint density at radius 2 is 1.82 bits per heavy atom. The van der Waals surface area contributed by atoms with Crippen LogP contribution >= 0.6 is 15.9 Å². The van der Waals surface area contributed by atoms with E-state index in [1.165, 1.54) is 0 Å². The monoisotopic (exact) mass is 444 g/mol. The van der Waals surface area contributed by atoms with Crippen molar-refractivity contribution in [3.8, 4) is 5.75 Å². The Morgan fingerprint density at radius 1 is 1.14 bits per heavy atom. The molecule has 1 aliphatic rings. The molecule has 0 spiro atoms. The fourth-order valence-electron chi connectivity index (χ4n) is 3.41. The van der Waals surface area contributed by atoms with Gasteiger partial charge < -0.3 is 15.0 Å². The third kappa shape index (κ3) is 4.93. The molecule has 1 fully saturated rings. The molecule has 148 valence electrons. The van der Waals surface area contributed by atoms with Crippen LogP contribution in [0.3, 0.4) is 0 Å². The highest BCUT2D eigenvalue weighted by atomic mass is 79.9. The maximum atomic E-state index is 12.7. The van der Waals surface area contributed by atoms with Crippen molar-refractivity contribution in [1.29, 1.82) is 0 Å². The van der Waals surface area contributed by atoms with E-state index in [-0.39, 0.29) is 17.9 Å². The quantitative estimate of drug-likeness (QED) is 0.751. The number of ether oxygens (including phenoxy) is 1. The standard InChI is InChI=1S/C22H25BrN2O3/c1-3-28-19-7-4-16(5-8-19)22(27)25-12-10-18(11-13-25)24-21(26)20-9-6-17(23)14-15(20)2/h4-9,14,18H,3,10-13H2,1-2H3,(H,24,26). The van der Waals surface area contributed by atoms with Crippen LogP contribution in [0, 0.1) is 6.92 Å². The van der Waals surface area contributed by atoms with Crippen LogP contribution in [-0.4, -0.2) is 42.5 Å². The van der Waals surface area contributed by atoms with Gasteiger partial charge in [-0.2, -0.15) is 0 Å². The summed E-state index contributed by atoms with van der Waals surface area (Å²) in [5, 5.41) is 3.11. The molecule has 5 nitrogen and oxygen atoms in total. The predicted molar refractivity (Wildman–Crippen MR) is 113 cm³/mol. The summed E-state index contributed by atoms with van der Waals surface area (Å²) in [7, 11) is 0. The fourth-order valence-corrected chi connectivity index (χ4v) is 3.89. The molecule has 6 heteroatoms. The summed E-state index contributed by atoms with van der Waals surface area (Å²) >= 11 is 3.42. The molecular weight excluding hydrogens is 420 g/mol. The molecule has 3 rings (SSSR count). The number of nitrogens with zero attached hydrogens (tertiary/aromatic N) is 1. The molecule has 1 N–H and O–H groups in total. The van der Waals surface area contributed by atoms with Gasteiger partial charge in [0.1, 0.15) is 5.75 Å². The number of hydrogen-bond acceptors (Lipinski definition) is 3. The van der Waals surface area contributed by atoms with Crippen LogP contribution in [0.2, 0.25) is 0 Å². The number of nitrogens with one attached hydrogen (secondary N) is 1. The first-order valence-electron chi connectivity index (χ1n) is 9.57. The van der Waals surface area contributed by atoms with Crippen molar-refractivity contribution in [3.05, 3.63) is 63.6 Å². The maximum Gasteiger partial charge on any atom is 0.253 e. The number of rotatable bonds is 5. The van der Waals surface area contributed by atoms with Gasteiger partial charge in [0.15, 0.2) is 0 Å². The minimum atomic E-state index is -0.0544. The lowest BCUT2D eigenvalue weighted by molar-refractivity contribution is 0.0698. The van der Waals surface area contributed by atoms with E-state index in [4.69, 9.17) is 4.74 Å². The number of aryl methyl sites for hydroxylation is 1. The maximum absolute atomic E-state index is 12.7. The number of amides is 2. The summed E-state index contributed by atoms with van der Waals surface area (Å²) in [5.41, 5.74) is 2.29. The predicted octanol–water partition coefficient (Wildman–Crippen LogP) is 4.19. The zero-order valence-corrected chi connectivity index (χ0v) is 17.8. The molecule has 2 aromatic rings. The second kappa shape index (κ2) is 9.24. The number of benzene rings is 2. The number of piperidine rings is 1. The normalized spacial score (nSPS) is 14.6. The van der Waals surface area contributed by atoms with Crippen molar-refractivity contribution in [1.82, 2.24) is 10.2 Å². The number of likely N-dealkylation sites (tertiary alicyclic amines) is 1. The van der Waals surface area contributed by atoms with Crippen LogP contribution in [0.5, 0.6) is 5.75 Å². The van der Waals surface area contributed by atoms with E-state index in [0.29, 0.717) is 30.8 Å². The molecule has 0 unspecified atom stereocenters. The van der Waals surface area contributed by atoms with E-state index >= 15 is 0 Å². The lowest BCUT2D eigenvalue weighted by Gasteiger charge is -2.32. The molecule has 0 aromatic heterocycles. The van der Waals surface area contributed by atoms with E-state index < -0.39 is 0 Å². The summed E-state index contributed by atoms with van der Waals surface area (Å²) in [6, 6.07) is 13.0. The summed E-state index contributed by atoms with van der Waals surface area (Å²) in [5.74, 6) is 0.738. The Balaban J connectivity index is 1.53.